The highest BCUT2D eigenvalue weighted by molar-refractivity contribution is 5.18. The normalized spacial score (nSPS) is 23.6. The van der Waals surface area contributed by atoms with E-state index in [2.05, 4.69) is 12.1 Å². The molecule has 0 saturated carbocycles. The van der Waals surface area contributed by atoms with E-state index < -0.39 is 0 Å². The largest absolute Gasteiger partial charge is 0.381 e. The van der Waals surface area contributed by atoms with Crippen molar-refractivity contribution in [1.29, 1.82) is 0 Å². The quantitative estimate of drug-likeness (QED) is 0.794. The number of ether oxygens (including phenoxy) is 1. The predicted molar refractivity (Wildman–Crippen MR) is 56.9 cm³/mol. The van der Waals surface area contributed by atoms with Crippen molar-refractivity contribution >= 4 is 0 Å². The average molecular weight is 191 g/mol. The first kappa shape index (κ1) is 9.69. The van der Waals surface area contributed by atoms with Gasteiger partial charge in [0.1, 0.15) is 0 Å². The summed E-state index contributed by atoms with van der Waals surface area (Å²) in [4.78, 5) is 0. The predicted octanol–water partition coefficient (Wildman–Crippen LogP) is 2.11. The minimum Gasteiger partial charge on any atom is -0.381 e. The summed E-state index contributed by atoms with van der Waals surface area (Å²) in [6, 6.07) is 10.5. The minimum atomic E-state index is 0.169. The monoisotopic (exact) mass is 191 g/mol. The highest BCUT2D eigenvalue weighted by Crippen LogP contribution is 2.24. The lowest BCUT2D eigenvalue weighted by Crippen LogP contribution is -2.15. The molecule has 2 atom stereocenters. The van der Waals surface area contributed by atoms with Crippen LogP contribution in [0.1, 0.15) is 24.4 Å². The Balaban J connectivity index is 1.92. The maximum Gasteiger partial charge on any atom is 0.0495 e. The lowest BCUT2D eigenvalue weighted by atomic mass is 9.95. The van der Waals surface area contributed by atoms with Crippen molar-refractivity contribution in [2.45, 2.75) is 18.9 Å². The molecule has 2 nitrogen and oxygen atoms in total. The van der Waals surface area contributed by atoms with E-state index in [1.165, 1.54) is 12.0 Å². The molecule has 1 heterocycles. The Bertz CT molecular complexity index is 267. The Morgan fingerprint density at radius 3 is 2.79 bits per heavy atom. The van der Waals surface area contributed by atoms with Crippen LogP contribution in [0.5, 0.6) is 0 Å². The van der Waals surface area contributed by atoms with Gasteiger partial charge >= 0.3 is 0 Å². The van der Waals surface area contributed by atoms with E-state index >= 15 is 0 Å². The van der Waals surface area contributed by atoms with Crippen molar-refractivity contribution in [1.82, 2.24) is 0 Å². The van der Waals surface area contributed by atoms with Crippen LogP contribution in [0.4, 0.5) is 0 Å². The summed E-state index contributed by atoms with van der Waals surface area (Å²) in [5.41, 5.74) is 7.35. The van der Waals surface area contributed by atoms with Crippen LogP contribution in [0.2, 0.25) is 0 Å². The number of rotatable bonds is 3. The Kier molecular flexibility index (Phi) is 3.17. The fraction of sp³-hybridized carbons (Fsp3) is 0.500. The second kappa shape index (κ2) is 4.58. The molecule has 0 aliphatic carbocycles. The van der Waals surface area contributed by atoms with E-state index in [4.69, 9.17) is 10.5 Å². The molecule has 0 aromatic heterocycles. The number of benzene rings is 1. The highest BCUT2D eigenvalue weighted by atomic mass is 16.5. The van der Waals surface area contributed by atoms with Crippen molar-refractivity contribution < 1.29 is 4.74 Å². The van der Waals surface area contributed by atoms with Gasteiger partial charge in [0, 0.05) is 19.3 Å². The number of hydrogen-bond donors (Lipinski definition) is 1. The van der Waals surface area contributed by atoms with Crippen LogP contribution < -0.4 is 5.73 Å². The summed E-state index contributed by atoms with van der Waals surface area (Å²) in [6.45, 7) is 1.80. The average Bonchev–Trinajstić information content (AvgIpc) is 2.72. The van der Waals surface area contributed by atoms with Crippen LogP contribution in [0, 0.1) is 5.92 Å². The number of hydrogen-bond acceptors (Lipinski definition) is 2. The SMILES string of the molecule is NC(CC1CCOC1)c1ccccc1. The van der Waals surface area contributed by atoms with E-state index in [0.717, 1.165) is 19.6 Å². The number of nitrogens with two attached hydrogens (primary N) is 1. The molecule has 1 aromatic rings. The fourth-order valence-electron chi connectivity index (χ4n) is 1.96. The Labute approximate surface area is 85.1 Å². The van der Waals surface area contributed by atoms with Crippen molar-refractivity contribution in [2.24, 2.45) is 11.7 Å². The Morgan fingerprint density at radius 2 is 2.14 bits per heavy atom. The Hall–Kier alpha value is -0.860. The topological polar surface area (TPSA) is 35.2 Å². The molecule has 0 amide bonds. The molecular weight excluding hydrogens is 174 g/mol. The van der Waals surface area contributed by atoms with Crippen molar-refractivity contribution in [3.05, 3.63) is 35.9 Å². The molecule has 0 radical (unpaired) electrons. The third-order valence-electron chi connectivity index (χ3n) is 2.84. The smallest absolute Gasteiger partial charge is 0.0495 e. The minimum absolute atomic E-state index is 0.169. The molecule has 14 heavy (non-hydrogen) atoms. The molecule has 0 spiro atoms. The third-order valence-corrected chi connectivity index (χ3v) is 2.84. The van der Waals surface area contributed by atoms with E-state index in [1.54, 1.807) is 0 Å². The zero-order valence-electron chi connectivity index (χ0n) is 8.36. The van der Waals surface area contributed by atoms with Crippen LogP contribution in [-0.4, -0.2) is 13.2 Å². The Morgan fingerprint density at radius 1 is 1.36 bits per heavy atom. The zero-order chi connectivity index (χ0) is 9.80. The highest BCUT2D eigenvalue weighted by Gasteiger charge is 2.19. The van der Waals surface area contributed by atoms with Gasteiger partial charge in [-0.3, -0.25) is 0 Å². The van der Waals surface area contributed by atoms with Gasteiger partial charge in [0.15, 0.2) is 0 Å². The van der Waals surface area contributed by atoms with Gasteiger partial charge in [0.2, 0.25) is 0 Å². The fourth-order valence-corrected chi connectivity index (χ4v) is 1.96. The maximum atomic E-state index is 6.12. The molecule has 1 fully saturated rings. The van der Waals surface area contributed by atoms with Gasteiger partial charge in [-0.2, -0.15) is 0 Å². The van der Waals surface area contributed by atoms with Gasteiger partial charge in [0.05, 0.1) is 0 Å². The molecule has 1 aromatic carbocycles. The van der Waals surface area contributed by atoms with Crippen LogP contribution >= 0.6 is 0 Å². The molecule has 1 saturated heterocycles. The van der Waals surface area contributed by atoms with Gasteiger partial charge < -0.3 is 10.5 Å². The van der Waals surface area contributed by atoms with Gasteiger partial charge in [0.25, 0.3) is 0 Å². The molecule has 2 N–H and O–H groups in total. The van der Waals surface area contributed by atoms with Crippen molar-refractivity contribution in [2.75, 3.05) is 13.2 Å². The van der Waals surface area contributed by atoms with Gasteiger partial charge in [-0.25, -0.2) is 0 Å². The van der Waals surface area contributed by atoms with Crippen LogP contribution in [-0.2, 0) is 4.74 Å². The van der Waals surface area contributed by atoms with E-state index in [0.29, 0.717) is 5.92 Å². The standard InChI is InChI=1S/C12H17NO/c13-12(8-10-6-7-14-9-10)11-4-2-1-3-5-11/h1-5,10,12H,6-9,13H2. The van der Waals surface area contributed by atoms with Crippen molar-refractivity contribution in [3.63, 3.8) is 0 Å². The molecule has 2 unspecified atom stereocenters. The maximum absolute atomic E-state index is 6.12. The van der Waals surface area contributed by atoms with E-state index in [9.17, 15) is 0 Å². The van der Waals surface area contributed by atoms with Crippen LogP contribution in [0.25, 0.3) is 0 Å². The summed E-state index contributed by atoms with van der Waals surface area (Å²) >= 11 is 0. The summed E-state index contributed by atoms with van der Waals surface area (Å²) in [7, 11) is 0. The lowest BCUT2D eigenvalue weighted by molar-refractivity contribution is 0.182. The molecular formula is C12H17NO. The summed E-state index contributed by atoms with van der Waals surface area (Å²) in [5.74, 6) is 0.658. The second-order valence-electron chi connectivity index (χ2n) is 3.98. The molecule has 76 valence electrons. The first-order chi connectivity index (χ1) is 6.86. The second-order valence-corrected chi connectivity index (χ2v) is 3.98. The molecule has 0 bridgehead atoms. The summed E-state index contributed by atoms with van der Waals surface area (Å²) < 4.78 is 5.34. The van der Waals surface area contributed by atoms with E-state index in [1.807, 2.05) is 18.2 Å². The lowest BCUT2D eigenvalue weighted by Gasteiger charge is -2.15. The summed E-state index contributed by atoms with van der Waals surface area (Å²) in [6.07, 6.45) is 2.21. The van der Waals surface area contributed by atoms with Crippen molar-refractivity contribution in [3.8, 4) is 0 Å². The first-order valence-electron chi connectivity index (χ1n) is 5.24. The van der Waals surface area contributed by atoms with Gasteiger partial charge in [-0.15, -0.1) is 0 Å². The molecule has 2 heteroatoms. The van der Waals surface area contributed by atoms with Gasteiger partial charge in [-0.1, -0.05) is 30.3 Å². The molecule has 2 rings (SSSR count). The summed E-state index contributed by atoms with van der Waals surface area (Å²) in [5, 5.41) is 0. The van der Waals surface area contributed by atoms with Crippen LogP contribution in [0.3, 0.4) is 0 Å². The third kappa shape index (κ3) is 2.34. The molecule has 1 aliphatic heterocycles. The molecule has 1 aliphatic rings. The van der Waals surface area contributed by atoms with Gasteiger partial charge in [-0.05, 0) is 24.3 Å². The van der Waals surface area contributed by atoms with E-state index in [-0.39, 0.29) is 6.04 Å². The zero-order valence-corrected chi connectivity index (χ0v) is 8.36. The van der Waals surface area contributed by atoms with Crippen LogP contribution in [0.15, 0.2) is 30.3 Å². The first-order valence-corrected chi connectivity index (χ1v) is 5.24.